The Hall–Kier alpha value is -0.980. The van der Waals surface area contributed by atoms with Crippen LogP contribution in [0.4, 0.5) is 4.39 Å². The van der Waals surface area contributed by atoms with Gasteiger partial charge in [-0.15, -0.1) is 0 Å². The van der Waals surface area contributed by atoms with Crippen molar-refractivity contribution in [1.82, 2.24) is 0 Å². The Morgan fingerprint density at radius 1 is 1.38 bits per heavy atom. The van der Waals surface area contributed by atoms with Gasteiger partial charge in [0.15, 0.2) is 9.84 Å². The normalized spacial score (nSPS) is 15.8. The van der Waals surface area contributed by atoms with Crippen molar-refractivity contribution in [2.75, 3.05) is 12.9 Å². The second kappa shape index (κ2) is 4.90. The Balaban J connectivity index is 3.00. The van der Waals surface area contributed by atoms with E-state index in [1.165, 1.54) is 24.3 Å². The molecule has 2 atom stereocenters. The fourth-order valence-corrected chi connectivity index (χ4v) is 2.38. The molecule has 90 valence electrons. The summed E-state index contributed by atoms with van der Waals surface area (Å²) >= 11 is 0. The number of benzene rings is 1. The first-order valence-electron chi connectivity index (χ1n) is 4.67. The van der Waals surface area contributed by atoms with Gasteiger partial charge in [-0.2, -0.15) is 0 Å². The van der Waals surface area contributed by atoms with Crippen molar-refractivity contribution in [2.45, 2.75) is 11.3 Å². The lowest BCUT2D eigenvalue weighted by Crippen LogP contribution is -2.36. The number of halogens is 1. The van der Waals surface area contributed by atoms with Gasteiger partial charge in [-0.1, -0.05) is 12.1 Å². The highest BCUT2D eigenvalue weighted by molar-refractivity contribution is 7.91. The number of hydrogen-bond donors (Lipinski definition) is 2. The van der Waals surface area contributed by atoms with Gasteiger partial charge in [-0.05, 0) is 17.7 Å². The summed E-state index contributed by atoms with van der Waals surface area (Å²) < 4.78 is 35.3. The van der Waals surface area contributed by atoms with Gasteiger partial charge in [-0.3, -0.25) is 0 Å². The molecule has 0 fully saturated rings. The zero-order valence-corrected chi connectivity index (χ0v) is 9.61. The zero-order valence-electron chi connectivity index (χ0n) is 8.80. The fourth-order valence-electron chi connectivity index (χ4n) is 1.41. The van der Waals surface area contributed by atoms with Gasteiger partial charge in [0.1, 0.15) is 11.1 Å². The molecule has 4 nitrogen and oxygen atoms in total. The lowest BCUT2D eigenvalue weighted by Gasteiger charge is -2.20. The predicted octanol–water partition coefficient (Wildman–Crippen LogP) is 0.231. The minimum Gasteiger partial charge on any atom is -0.395 e. The molecule has 16 heavy (non-hydrogen) atoms. The smallest absolute Gasteiger partial charge is 0.154 e. The third-order valence-electron chi connectivity index (χ3n) is 2.39. The number of nitrogens with two attached hydrogens (primary N) is 1. The highest BCUT2D eigenvalue weighted by atomic mass is 32.2. The van der Waals surface area contributed by atoms with Crippen LogP contribution in [0.15, 0.2) is 24.3 Å². The van der Waals surface area contributed by atoms with E-state index in [1.807, 2.05) is 0 Å². The van der Waals surface area contributed by atoms with Crippen molar-refractivity contribution >= 4 is 9.84 Å². The van der Waals surface area contributed by atoms with E-state index in [4.69, 9.17) is 10.8 Å². The van der Waals surface area contributed by atoms with Gasteiger partial charge in [0.05, 0.1) is 6.61 Å². The van der Waals surface area contributed by atoms with Gasteiger partial charge < -0.3 is 10.8 Å². The van der Waals surface area contributed by atoms with Crippen molar-refractivity contribution in [3.05, 3.63) is 35.6 Å². The quantitative estimate of drug-likeness (QED) is 0.798. The molecule has 2 unspecified atom stereocenters. The molecule has 0 aromatic heterocycles. The first-order chi connectivity index (χ1) is 7.36. The Morgan fingerprint density at radius 3 is 2.25 bits per heavy atom. The van der Waals surface area contributed by atoms with Crippen LogP contribution in [0.25, 0.3) is 0 Å². The summed E-state index contributed by atoms with van der Waals surface area (Å²) in [7, 11) is -3.44. The average Bonchev–Trinajstić information content (AvgIpc) is 2.17. The molecule has 0 bridgehead atoms. The second-order valence-electron chi connectivity index (χ2n) is 3.63. The molecular weight excluding hydrogens is 233 g/mol. The highest BCUT2D eigenvalue weighted by Crippen LogP contribution is 2.19. The standard InChI is InChI=1S/C10H14FNO3S/c1-16(14,15)9(6-13)10(12)7-2-4-8(11)5-3-7/h2-5,9-10,13H,6,12H2,1H3. The number of rotatable bonds is 4. The Labute approximate surface area is 93.8 Å². The number of aliphatic hydroxyl groups excluding tert-OH is 1. The van der Waals surface area contributed by atoms with E-state index < -0.39 is 33.6 Å². The second-order valence-corrected chi connectivity index (χ2v) is 5.89. The van der Waals surface area contributed by atoms with Gasteiger partial charge in [0.25, 0.3) is 0 Å². The van der Waals surface area contributed by atoms with E-state index in [0.29, 0.717) is 5.56 Å². The molecule has 0 heterocycles. The van der Waals surface area contributed by atoms with E-state index in [0.717, 1.165) is 6.26 Å². The first-order valence-corrected chi connectivity index (χ1v) is 6.62. The van der Waals surface area contributed by atoms with Crippen molar-refractivity contribution < 1.29 is 17.9 Å². The lowest BCUT2D eigenvalue weighted by atomic mass is 10.0. The van der Waals surface area contributed by atoms with Crippen molar-refractivity contribution in [1.29, 1.82) is 0 Å². The third-order valence-corrected chi connectivity index (χ3v) is 3.93. The Kier molecular flexibility index (Phi) is 4.01. The molecular formula is C10H14FNO3S. The molecule has 0 aliphatic heterocycles. The summed E-state index contributed by atoms with van der Waals surface area (Å²) in [6, 6.07) is 4.36. The number of sulfone groups is 1. The SMILES string of the molecule is CS(=O)(=O)C(CO)C(N)c1ccc(F)cc1. The summed E-state index contributed by atoms with van der Waals surface area (Å²) in [6.07, 6.45) is 1.01. The molecule has 0 radical (unpaired) electrons. The molecule has 0 saturated carbocycles. The Morgan fingerprint density at radius 2 is 1.88 bits per heavy atom. The summed E-state index contributed by atoms with van der Waals surface area (Å²) in [6.45, 7) is -0.558. The van der Waals surface area contributed by atoms with Crippen LogP contribution in [0.3, 0.4) is 0 Å². The van der Waals surface area contributed by atoms with Crippen molar-refractivity contribution in [2.24, 2.45) is 5.73 Å². The summed E-state index contributed by atoms with van der Waals surface area (Å²) in [5, 5.41) is 7.94. The predicted molar refractivity (Wildman–Crippen MR) is 59.0 cm³/mol. The maximum Gasteiger partial charge on any atom is 0.154 e. The maximum atomic E-state index is 12.7. The van der Waals surface area contributed by atoms with E-state index in [-0.39, 0.29) is 0 Å². The van der Waals surface area contributed by atoms with Crippen LogP contribution in [-0.2, 0) is 9.84 Å². The van der Waals surface area contributed by atoms with Gasteiger partial charge in [0, 0.05) is 12.3 Å². The molecule has 0 saturated heterocycles. The third kappa shape index (κ3) is 3.01. The summed E-state index contributed by atoms with van der Waals surface area (Å²) in [5.74, 6) is -0.421. The van der Waals surface area contributed by atoms with Crippen LogP contribution in [0, 0.1) is 5.82 Å². The van der Waals surface area contributed by atoms with Crippen LogP contribution >= 0.6 is 0 Å². The van der Waals surface area contributed by atoms with E-state index in [1.54, 1.807) is 0 Å². The minimum absolute atomic E-state index is 0.421. The fraction of sp³-hybridized carbons (Fsp3) is 0.400. The summed E-state index contributed by atoms with van der Waals surface area (Å²) in [5.41, 5.74) is 6.20. The van der Waals surface area contributed by atoms with Gasteiger partial charge in [0.2, 0.25) is 0 Å². The molecule has 1 aromatic rings. The van der Waals surface area contributed by atoms with Crippen molar-refractivity contribution in [3.8, 4) is 0 Å². The summed E-state index contributed by atoms with van der Waals surface area (Å²) in [4.78, 5) is 0. The van der Waals surface area contributed by atoms with Crippen LogP contribution in [0.5, 0.6) is 0 Å². The monoisotopic (exact) mass is 247 g/mol. The maximum absolute atomic E-state index is 12.7. The molecule has 6 heteroatoms. The molecule has 1 rings (SSSR count). The molecule has 0 amide bonds. The van der Waals surface area contributed by atoms with E-state index in [2.05, 4.69) is 0 Å². The molecule has 1 aromatic carbocycles. The largest absolute Gasteiger partial charge is 0.395 e. The molecule has 3 N–H and O–H groups in total. The van der Waals surface area contributed by atoms with Crippen LogP contribution < -0.4 is 5.73 Å². The topological polar surface area (TPSA) is 80.4 Å². The minimum atomic E-state index is -3.44. The molecule has 0 spiro atoms. The highest BCUT2D eigenvalue weighted by Gasteiger charge is 2.28. The number of aliphatic hydroxyl groups is 1. The van der Waals surface area contributed by atoms with E-state index in [9.17, 15) is 12.8 Å². The van der Waals surface area contributed by atoms with Gasteiger partial charge in [-0.25, -0.2) is 12.8 Å². The van der Waals surface area contributed by atoms with Crippen molar-refractivity contribution in [3.63, 3.8) is 0 Å². The van der Waals surface area contributed by atoms with Crippen LogP contribution in [0.1, 0.15) is 11.6 Å². The number of hydrogen-bond acceptors (Lipinski definition) is 4. The average molecular weight is 247 g/mol. The lowest BCUT2D eigenvalue weighted by molar-refractivity contribution is 0.278. The van der Waals surface area contributed by atoms with Gasteiger partial charge >= 0.3 is 0 Å². The van der Waals surface area contributed by atoms with E-state index >= 15 is 0 Å². The molecule has 0 aliphatic carbocycles. The Bertz CT molecular complexity index is 444. The zero-order chi connectivity index (χ0) is 12.3. The van der Waals surface area contributed by atoms with Crippen LogP contribution in [-0.4, -0.2) is 31.6 Å². The first kappa shape index (κ1) is 13.1. The molecule has 0 aliphatic rings. The van der Waals surface area contributed by atoms with Crippen LogP contribution in [0.2, 0.25) is 0 Å².